The van der Waals surface area contributed by atoms with E-state index in [1.165, 1.54) is 7.11 Å². The van der Waals surface area contributed by atoms with Gasteiger partial charge in [-0.1, -0.05) is 24.3 Å². The number of aromatic hydroxyl groups is 2. The fraction of sp³-hybridized carbons (Fsp3) is 0.208. The smallest absolute Gasteiger partial charge is 0.214 e. The molecule has 7 nitrogen and oxygen atoms in total. The van der Waals surface area contributed by atoms with Crippen LogP contribution in [0, 0.1) is 0 Å². The minimum atomic E-state index is -0.563. The number of phenols is 2. The van der Waals surface area contributed by atoms with E-state index in [9.17, 15) is 10.2 Å². The maximum absolute atomic E-state index is 10.4. The van der Waals surface area contributed by atoms with Crippen molar-refractivity contribution in [2.75, 3.05) is 14.2 Å². The minimum absolute atomic E-state index is 0.0522. The summed E-state index contributed by atoms with van der Waals surface area (Å²) in [6.07, 6.45) is 0.0407. The van der Waals surface area contributed by atoms with Crippen LogP contribution in [-0.2, 0) is 0 Å². The van der Waals surface area contributed by atoms with E-state index in [0.717, 1.165) is 16.8 Å². The zero-order valence-corrected chi connectivity index (χ0v) is 17.1. The summed E-state index contributed by atoms with van der Waals surface area (Å²) < 4.78 is 17.2. The molecule has 2 aliphatic heterocycles. The second-order valence-electron chi connectivity index (χ2n) is 7.44. The third kappa shape index (κ3) is 3.09. The van der Waals surface area contributed by atoms with Gasteiger partial charge in [-0.05, 0) is 36.4 Å². The summed E-state index contributed by atoms with van der Waals surface area (Å²) in [5, 5.41) is 27.1. The summed E-state index contributed by atoms with van der Waals surface area (Å²) in [4.78, 5) is 0. The zero-order chi connectivity index (χ0) is 21.5. The summed E-state index contributed by atoms with van der Waals surface area (Å²) in [5.74, 6) is 1.90. The first-order valence-electron chi connectivity index (χ1n) is 9.95. The molecule has 0 bridgehead atoms. The molecule has 5 rings (SSSR count). The van der Waals surface area contributed by atoms with Crippen LogP contribution in [0.2, 0.25) is 0 Å². The van der Waals surface area contributed by atoms with Crippen LogP contribution >= 0.6 is 0 Å². The molecule has 31 heavy (non-hydrogen) atoms. The number of para-hydroxylation sites is 2. The number of methoxy groups -OCH3 is 2. The number of hydrogen-bond acceptors (Lipinski definition) is 7. The Hall–Kier alpha value is -3.87. The molecule has 158 valence electrons. The van der Waals surface area contributed by atoms with E-state index >= 15 is 0 Å². The SMILES string of the molecule is COc1cc(C2Oc3c(OC)cccc3C3CC(c4ccccc4O)=NN32)ccc1O. The van der Waals surface area contributed by atoms with Gasteiger partial charge in [-0.15, -0.1) is 0 Å². The van der Waals surface area contributed by atoms with Crippen molar-refractivity contribution in [3.8, 4) is 28.7 Å². The van der Waals surface area contributed by atoms with Crippen molar-refractivity contribution in [1.29, 1.82) is 0 Å². The van der Waals surface area contributed by atoms with Gasteiger partial charge in [0.15, 0.2) is 23.0 Å². The highest BCUT2D eigenvalue weighted by molar-refractivity contribution is 6.04. The van der Waals surface area contributed by atoms with Crippen molar-refractivity contribution in [2.45, 2.75) is 18.7 Å². The Balaban J connectivity index is 1.64. The van der Waals surface area contributed by atoms with Crippen molar-refractivity contribution in [3.63, 3.8) is 0 Å². The Bertz CT molecular complexity index is 1180. The van der Waals surface area contributed by atoms with Crippen molar-refractivity contribution >= 4 is 5.71 Å². The number of hydrazone groups is 1. The van der Waals surface area contributed by atoms with E-state index in [2.05, 4.69) is 0 Å². The number of nitrogens with zero attached hydrogens (tertiary/aromatic N) is 2. The summed E-state index contributed by atoms with van der Waals surface area (Å²) in [7, 11) is 3.12. The van der Waals surface area contributed by atoms with Crippen LogP contribution in [0.15, 0.2) is 65.8 Å². The molecule has 0 amide bonds. The number of ether oxygens (including phenoxy) is 3. The van der Waals surface area contributed by atoms with Crippen LogP contribution in [0.3, 0.4) is 0 Å². The topological polar surface area (TPSA) is 83.8 Å². The molecule has 0 saturated heterocycles. The average Bonchev–Trinajstić information content (AvgIpc) is 3.24. The van der Waals surface area contributed by atoms with Crippen LogP contribution in [-0.4, -0.2) is 35.2 Å². The van der Waals surface area contributed by atoms with Gasteiger partial charge < -0.3 is 24.4 Å². The molecule has 2 aliphatic rings. The molecule has 0 saturated carbocycles. The molecule has 7 heteroatoms. The molecular weight excluding hydrogens is 396 g/mol. The van der Waals surface area contributed by atoms with Gasteiger partial charge in [-0.25, -0.2) is 5.01 Å². The van der Waals surface area contributed by atoms with Crippen LogP contribution in [0.5, 0.6) is 28.7 Å². The Labute approximate surface area is 179 Å². The molecule has 3 aromatic rings. The second kappa shape index (κ2) is 7.43. The molecule has 0 radical (unpaired) electrons. The number of benzene rings is 3. The van der Waals surface area contributed by atoms with Crippen molar-refractivity contribution < 1.29 is 24.4 Å². The fourth-order valence-corrected chi connectivity index (χ4v) is 4.19. The monoisotopic (exact) mass is 418 g/mol. The molecule has 3 aromatic carbocycles. The van der Waals surface area contributed by atoms with Gasteiger partial charge >= 0.3 is 0 Å². The quantitative estimate of drug-likeness (QED) is 0.655. The van der Waals surface area contributed by atoms with Crippen LogP contribution in [0.4, 0.5) is 0 Å². The summed E-state index contributed by atoms with van der Waals surface area (Å²) in [6.45, 7) is 0. The van der Waals surface area contributed by atoms with Crippen molar-refractivity contribution in [1.82, 2.24) is 5.01 Å². The first kappa shape index (κ1) is 19.1. The number of hydrogen-bond donors (Lipinski definition) is 2. The van der Waals surface area contributed by atoms with Gasteiger partial charge in [0.1, 0.15) is 5.75 Å². The largest absolute Gasteiger partial charge is 0.507 e. The number of phenolic OH excluding ortho intramolecular Hbond substituents is 2. The molecule has 2 N–H and O–H groups in total. The normalized spacial score (nSPS) is 19.2. The van der Waals surface area contributed by atoms with E-state index in [1.54, 1.807) is 37.4 Å². The van der Waals surface area contributed by atoms with Gasteiger partial charge in [0.2, 0.25) is 6.23 Å². The molecule has 0 fully saturated rings. The first-order chi connectivity index (χ1) is 15.1. The zero-order valence-electron chi connectivity index (χ0n) is 17.1. The maximum atomic E-state index is 10.4. The summed E-state index contributed by atoms with van der Waals surface area (Å²) >= 11 is 0. The molecule has 2 atom stereocenters. The molecule has 2 unspecified atom stereocenters. The van der Waals surface area contributed by atoms with Gasteiger partial charge in [0, 0.05) is 23.1 Å². The third-order valence-corrected chi connectivity index (χ3v) is 5.70. The van der Waals surface area contributed by atoms with E-state index in [-0.39, 0.29) is 17.5 Å². The number of rotatable bonds is 4. The molecule has 2 heterocycles. The second-order valence-corrected chi connectivity index (χ2v) is 7.44. The lowest BCUT2D eigenvalue weighted by atomic mass is 9.95. The standard InChI is InChI=1S/C24H22N2O5/c1-29-21-9-5-7-16-18-13-17(15-6-3-4-8-19(15)27)25-26(18)24(31-23(16)21)14-10-11-20(28)22(12-14)30-2/h3-12,18,24,27-28H,13H2,1-2H3. The lowest BCUT2D eigenvalue weighted by Gasteiger charge is -2.38. The Morgan fingerprint density at radius 3 is 2.52 bits per heavy atom. The predicted octanol–water partition coefficient (Wildman–Crippen LogP) is 4.36. The Morgan fingerprint density at radius 2 is 1.74 bits per heavy atom. The summed E-state index contributed by atoms with van der Waals surface area (Å²) in [6, 6.07) is 18.0. The fourth-order valence-electron chi connectivity index (χ4n) is 4.19. The van der Waals surface area contributed by atoms with Gasteiger partial charge in [-0.3, -0.25) is 0 Å². The van der Waals surface area contributed by atoms with Crippen LogP contribution in [0.25, 0.3) is 0 Å². The van der Waals surface area contributed by atoms with Crippen molar-refractivity contribution in [3.05, 3.63) is 77.4 Å². The lowest BCUT2D eigenvalue weighted by Crippen LogP contribution is -2.33. The number of fused-ring (bicyclic) bond motifs is 3. The maximum Gasteiger partial charge on any atom is 0.214 e. The van der Waals surface area contributed by atoms with E-state index in [1.807, 2.05) is 35.3 Å². The van der Waals surface area contributed by atoms with Gasteiger partial charge in [-0.2, -0.15) is 5.10 Å². The highest BCUT2D eigenvalue weighted by Gasteiger charge is 2.42. The third-order valence-electron chi connectivity index (χ3n) is 5.70. The lowest BCUT2D eigenvalue weighted by molar-refractivity contribution is -0.0210. The molecule has 0 aromatic heterocycles. The highest BCUT2D eigenvalue weighted by Crippen LogP contribution is 2.51. The highest BCUT2D eigenvalue weighted by atomic mass is 16.5. The first-order valence-corrected chi connectivity index (χ1v) is 9.95. The van der Waals surface area contributed by atoms with E-state index in [0.29, 0.717) is 29.2 Å². The Kier molecular flexibility index (Phi) is 4.58. The Morgan fingerprint density at radius 1 is 0.935 bits per heavy atom. The predicted molar refractivity (Wildman–Crippen MR) is 115 cm³/mol. The minimum Gasteiger partial charge on any atom is -0.507 e. The van der Waals surface area contributed by atoms with Gasteiger partial charge in [0.25, 0.3) is 0 Å². The van der Waals surface area contributed by atoms with E-state index < -0.39 is 6.23 Å². The van der Waals surface area contributed by atoms with E-state index in [4.69, 9.17) is 19.3 Å². The van der Waals surface area contributed by atoms with Crippen LogP contribution < -0.4 is 14.2 Å². The molecular formula is C24H22N2O5. The van der Waals surface area contributed by atoms with Gasteiger partial charge in [0.05, 0.1) is 26.0 Å². The molecule has 0 aliphatic carbocycles. The van der Waals surface area contributed by atoms with Crippen molar-refractivity contribution in [2.24, 2.45) is 5.10 Å². The van der Waals surface area contributed by atoms with Crippen LogP contribution in [0.1, 0.15) is 35.4 Å². The molecule has 0 spiro atoms. The summed E-state index contributed by atoms with van der Waals surface area (Å²) in [5.41, 5.74) is 3.22. The average molecular weight is 418 g/mol.